The summed E-state index contributed by atoms with van der Waals surface area (Å²) in [6.45, 7) is 3.86. The van der Waals surface area contributed by atoms with Gasteiger partial charge in [0.15, 0.2) is 5.84 Å². The van der Waals surface area contributed by atoms with Gasteiger partial charge in [0.05, 0.1) is 5.69 Å². The van der Waals surface area contributed by atoms with Crippen molar-refractivity contribution in [3.05, 3.63) is 41.7 Å². The topological polar surface area (TPSA) is 127 Å². The maximum absolute atomic E-state index is 8.80. The Morgan fingerprint density at radius 1 is 1.25 bits per heavy atom. The van der Waals surface area contributed by atoms with Crippen LogP contribution in [0.5, 0.6) is 0 Å². The highest BCUT2D eigenvalue weighted by Gasteiger charge is 2.08. The van der Waals surface area contributed by atoms with Gasteiger partial charge in [0, 0.05) is 24.1 Å². The molecule has 0 fully saturated rings. The lowest BCUT2D eigenvalue weighted by Crippen LogP contribution is -2.21. The van der Waals surface area contributed by atoms with Crippen LogP contribution >= 0.6 is 0 Å². The summed E-state index contributed by atoms with van der Waals surface area (Å²) in [6.07, 6.45) is 0. The maximum atomic E-state index is 8.80. The number of amidine groups is 1. The van der Waals surface area contributed by atoms with Crippen molar-refractivity contribution in [3.63, 3.8) is 0 Å². The average Bonchev–Trinajstić information content (AvgIpc) is 2.54. The molecular weight excluding hydrogens is 304 g/mol. The molecule has 1 aromatic heterocycles. The molecule has 0 aliphatic heterocycles. The molecule has 0 unspecified atom stereocenters. The van der Waals surface area contributed by atoms with Gasteiger partial charge < -0.3 is 10.6 Å². The van der Waals surface area contributed by atoms with Crippen molar-refractivity contribution in [2.24, 2.45) is 10.8 Å². The fourth-order valence-electron chi connectivity index (χ4n) is 2.00. The predicted molar refractivity (Wildman–Crippen MR) is 94.6 cm³/mol. The quantitative estimate of drug-likeness (QED) is 0.439. The van der Waals surface area contributed by atoms with E-state index in [1.54, 1.807) is 18.2 Å². The molecule has 8 nitrogen and oxygen atoms in total. The Morgan fingerprint density at radius 2 is 1.83 bits per heavy atom. The summed E-state index contributed by atoms with van der Waals surface area (Å²) in [7, 11) is 1.89. The molecule has 1 aromatic carbocycles. The Bertz CT molecular complexity index is 797. The van der Waals surface area contributed by atoms with E-state index in [1.165, 1.54) is 0 Å². The molecule has 122 valence electrons. The summed E-state index contributed by atoms with van der Waals surface area (Å²) < 4.78 is 0. The lowest BCUT2D eigenvalue weighted by atomic mass is 10.2. The zero-order valence-electron chi connectivity index (χ0n) is 13.7. The Balaban J connectivity index is 2.17. The van der Waals surface area contributed by atoms with Gasteiger partial charge >= 0.3 is 0 Å². The monoisotopic (exact) mass is 322 g/mol. The number of nitriles is 1. The number of rotatable bonds is 5. The van der Waals surface area contributed by atoms with Gasteiger partial charge in [0.1, 0.15) is 6.07 Å². The van der Waals surface area contributed by atoms with Gasteiger partial charge in [0.2, 0.25) is 11.7 Å². The molecule has 2 rings (SSSR count). The lowest BCUT2D eigenvalue weighted by molar-refractivity contribution is 0.987. The van der Waals surface area contributed by atoms with Crippen LogP contribution in [0.3, 0.4) is 0 Å². The van der Waals surface area contributed by atoms with Crippen molar-refractivity contribution in [1.29, 1.82) is 10.7 Å². The highest BCUT2D eigenvalue weighted by atomic mass is 15.3. The number of nitrogens with zero attached hydrogens (tertiary/aromatic N) is 5. The van der Waals surface area contributed by atoms with E-state index < -0.39 is 0 Å². The van der Waals surface area contributed by atoms with Crippen LogP contribution in [-0.2, 0) is 0 Å². The van der Waals surface area contributed by atoms with Crippen LogP contribution in [0.15, 0.2) is 35.4 Å². The summed E-state index contributed by atoms with van der Waals surface area (Å²) in [5.41, 5.74) is 11.2. The number of anilines is 3. The van der Waals surface area contributed by atoms with Crippen LogP contribution in [-0.4, -0.2) is 28.6 Å². The first-order chi connectivity index (χ1) is 11.4. The molecule has 0 bridgehead atoms. The summed E-state index contributed by atoms with van der Waals surface area (Å²) >= 11 is 0. The number of benzene rings is 1. The second-order valence-corrected chi connectivity index (χ2v) is 5.15. The number of aryl methyl sites for hydroxylation is 2. The van der Waals surface area contributed by atoms with E-state index in [0.29, 0.717) is 11.6 Å². The fourth-order valence-corrected chi connectivity index (χ4v) is 2.00. The van der Waals surface area contributed by atoms with Crippen molar-refractivity contribution < 1.29 is 0 Å². The first-order valence-corrected chi connectivity index (χ1v) is 7.15. The molecule has 0 aliphatic rings. The maximum Gasteiger partial charge on any atom is 0.230 e. The summed E-state index contributed by atoms with van der Waals surface area (Å²) in [5.74, 6) is 0.239. The smallest absolute Gasteiger partial charge is 0.230 e. The van der Waals surface area contributed by atoms with Crippen molar-refractivity contribution >= 4 is 28.9 Å². The standard InChI is InChI=1S/C16H18N8/c1-10-8-11(2)21-16(20-10)24(3)13-6-4-12(5-7-13)22-23-14(9-17)15(18)19/h4-8,22H,1-3H3,(H3,18,19)/b23-14+. The second kappa shape index (κ2) is 7.19. The molecule has 0 radical (unpaired) electrons. The van der Waals surface area contributed by atoms with Crippen molar-refractivity contribution in [2.45, 2.75) is 13.8 Å². The number of nitrogens with one attached hydrogen (secondary N) is 2. The predicted octanol–water partition coefficient (Wildman–Crippen LogP) is 2.09. The van der Waals surface area contributed by atoms with E-state index in [2.05, 4.69) is 20.5 Å². The Hall–Kier alpha value is -3.47. The first-order valence-electron chi connectivity index (χ1n) is 7.15. The van der Waals surface area contributed by atoms with E-state index in [1.807, 2.05) is 44.0 Å². The third-order valence-electron chi connectivity index (χ3n) is 3.18. The minimum Gasteiger partial charge on any atom is -0.382 e. The van der Waals surface area contributed by atoms with Gasteiger partial charge in [-0.05, 0) is 44.2 Å². The summed E-state index contributed by atoms with van der Waals surface area (Å²) in [6, 6.07) is 11.0. The minimum absolute atomic E-state index is 0.167. The van der Waals surface area contributed by atoms with Crippen LogP contribution in [0.1, 0.15) is 11.4 Å². The van der Waals surface area contributed by atoms with Gasteiger partial charge in [-0.25, -0.2) is 9.97 Å². The first kappa shape index (κ1) is 16.9. The van der Waals surface area contributed by atoms with E-state index >= 15 is 0 Å². The number of nitrogens with two attached hydrogens (primary N) is 1. The van der Waals surface area contributed by atoms with Crippen LogP contribution in [0.2, 0.25) is 0 Å². The average molecular weight is 322 g/mol. The molecule has 0 saturated carbocycles. The molecule has 0 atom stereocenters. The van der Waals surface area contributed by atoms with Gasteiger partial charge in [-0.3, -0.25) is 10.8 Å². The molecule has 0 aliphatic carbocycles. The molecule has 4 N–H and O–H groups in total. The highest BCUT2D eigenvalue weighted by Crippen LogP contribution is 2.22. The van der Waals surface area contributed by atoms with Crippen LogP contribution in [0.25, 0.3) is 0 Å². The van der Waals surface area contributed by atoms with Gasteiger partial charge in [-0.15, -0.1) is 0 Å². The third kappa shape index (κ3) is 4.04. The molecule has 2 aromatic rings. The molecule has 0 spiro atoms. The summed E-state index contributed by atoms with van der Waals surface area (Å²) in [4.78, 5) is 10.7. The fraction of sp³-hybridized carbons (Fsp3) is 0.188. The SMILES string of the molecule is Cc1cc(C)nc(N(C)c2ccc(N/N=C(\C#N)C(=N)N)cc2)n1. The number of hydrogen-bond donors (Lipinski definition) is 3. The molecular formula is C16H18N8. The Morgan fingerprint density at radius 3 is 2.33 bits per heavy atom. The zero-order valence-corrected chi connectivity index (χ0v) is 13.7. The van der Waals surface area contributed by atoms with Crippen molar-refractivity contribution in [3.8, 4) is 6.07 Å². The van der Waals surface area contributed by atoms with E-state index in [-0.39, 0.29) is 11.5 Å². The highest BCUT2D eigenvalue weighted by molar-refractivity contribution is 6.45. The minimum atomic E-state index is -0.381. The van der Waals surface area contributed by atoms with Gasteiger partial charge in [-0.1, -0.05) is 0 Å². The lowest BCUT2D eigenvalue weighted by Gasteiger charge is -2.18. The number of hydrazone groups is 1. The van der Waals surface area contributed by atoms with Crippen molar-refractivity contribution in [1.82, 2.24) is 9.97 Å². The Kier molecular flexibility index (Phi) is 5.06. The third-order valence-corrected chi connectivity index (χ3v) is 3.18. The number of hydrogen-bond acceptors (Lipinski definition) is 7. The van der Waals surface area contributed by atoms with Gasteiger partial charge in [0.25, 0.3) is 0 Å². The van der Waals surface area contributed by atoms with E-state index in [0.717, 1.165) is 17.1 Å². The molecule has 24 heavy (non-hydrogen) atoms. The van der Waals surface area contributed by atoms with Gasteiger partial charge in [-0.2, -0.15) is 10.4 Å². The number of aromatic nitrogens is 2. The van der Waals surface area contributed by atoms with Crippen molar-refractivity contribution in [2.75, 3.05) is 17.4 Å². The molecule has 0 saturated heterocycles. The van der Waals surface area contributed by atoms with Crippen LogP contribution in [0, 0.1) is 30.6 Å². The van der Waals surface area contributed by atoms with E-state index in [9.17, 15) is 0 Å². The normalized spacial score (nSPS) is 10.8. The molecule has 1 heterocycles. The van der Waals surface area contributed by atoms with Crippen LogP contribution < -0.4 is 16.1 Å². The zero-order chi connectivity index (χ0) is 17.7. The van der Waals surface area contributed by atoms with Crippen LogP contribution in [0.4, 0.5) is 17.3 Å². The largest absolute Gasteiger partial charge is 0.382 e. The molecule has 8 heteroatoms. The molecule has 0 amide bonds. The van der Waals surface area contributed by atoms with E-state index in [4.69, 9.17) is 16.4 Å². The second-order valence-electron chi connectivity index (χ2n) is 5.15. The summed E-state index contributed by atoms with van der Waals surface area (Å²) in [5, 5.41) is 19.8. The Labute approximate surface area is 140 Å².